The molecule has 3 aromatic heterocycles. The molecular weight excluding hydrogens is 513 g/mol. The first kappa shape index (κ1) is 26.9. The molecule has 0 bridgehead atoms. The van der Waals surface area contributed by atoms with Gasteiger partial charge >= 0.3 is 0 Å². The second-order valence-electron chi connectivity index (χ2n) is 9.08. The Labute approximate surface area is 229 Å². The lowest BCUT2D eigenvalue weighted by atomic mass is 10.1. The fourth-order valence-corrected chi connectivity index (χ4v) is 4.30. The molecule has 5 rings (SSSR count). The summed E-state index contributed by atoms with van der Waals surface area (Å²) >= 11 is 0. The van der Waals surface area contributed by atoms with Crippen LogP contribution < -0.4 is 4.74 Å². The molecule has 0 amide bonds. The summed E-state index contributed by atoms with van der Waals surface area (Å²) in [5.41, 5.74) is 4.74. The lowest BCUT2D eigenvalue weighted by Gasteiger charge is -2.10. The third-order valence-electron chi connectivity index (χ3n) is 6.41. The topological polar surface area (TPSA) is 126 Å². The van der Waals surface area contributed by atoms with Crippen molar-refractivity contribution in [2.45, 2.75) is 25.9 Å². The van der Waals surface area contributed by atoms with Crippen molar-refractivity contribution in [3.05, 3.63) is 107 Å². The van der Waals surface area contributed by atoms with Crippen molar-refractivity contribution in [1.82, 2.24) is 19.5 Å². The summed E-state index contributed by atoms with van der Waals surface area (Å²) in [6, 6.07) is 20.4. The molecular formula is C30H26FN5O4. The molecule has 5 aromatic rings. The van der Waals surface area contributed by atoms with Crippen molar-refractivity contribution in [1.29, 1.82) is 5.26 Å². The zero-order valence-corrected chi connectivity index (χ0v) is 21.7. The van der Waals surface area contributed by atoms with E-state index in [0.29, 0.717) is 42.3 Å². The Bertz CT molecular complexity index is 1680. The minimum atomic E-state index is -1.57. The average Bonchev–Trinajstić information content (AvgIpc) is 3.31. The Balaban J connectivity index is 1.32. The predicted octanol–water partition coefficient (Wildman–Crippen LogP) is 4.30. The van der Waals surface area contributed by atoms with Crippen LogP contribution in [0.4, 0.5) is 4.39 Å². The van der Waals surface area contributed by atoms with Gasteiger partial charge in [0.2, 0.25) is 5.88 Å². The highest BCUT2D eigenvalue weighted by atomic mass is 19.1. The van der Waals surface area contributed by atoms with Crippen molar-refractivity contribution in [2.75, 3.05) is 13.7 Å². The van der Waals surface area contributed by atoms with Crippen molar-refractivity contribution in [3.8, 4) is 23.2 Å². The lowest BCUT2D eigenvalue weighted by molar-refractivity contribution is -0.0424. The number of halogens is 1. The highest BCUT2D eigenvalue weighted by Crippen LogP contribution is 2.24. The molecule has 0 fully saturated rings. The fraction of sp³-hybridized carbons (Fsp3) is 0.200. The second-order valence-corrected chi connectivity index (χ2v) is 9.08. The maximum absolute atomic E-state index is 14.2. The summed E-state index contributed by atoms with van der Waals surface area (Å²) < 4.78 is 27.2. The van der Waals surface area contributed by atoms with E-state index in [-0.39, 0.29) is 12.2 Å². The average molecular weight is 540 g/mol. The van der Waals surface area contributed by atoms with E-state index in [2.05, 4.69) is 9.97 Å². The van der Waals surface area contributed by atoms with E-state index in [9.17, 15) is 14.6 Å². The van der Waals surface area contributed by atoms with Crippen molar-refractivity contribution in [3.63, 3.8) is 0 Å². The van der Waals surface area contributed by atoms with Crippen molar-refractivity contribution < 1.29 is 24.1 Å². The normalized spacial score (nSPS) is 11.2. The van der Waals surface area contributed by atoms with E-state index in [4.69, 9.17) is 19.7 Å². The molecule has 0 atom stereocenters. The summed E-state index contributed by atoms with van der Waals surface area (Å²) in [6.07, 6.45) is 0.620. The van der Waals surface area contributed by atoms with Gasteiger partial charge in [-0.05, 0) is 42.5 Å². The molecule has 2 N–H and O–H groups in total. The number of aliphatic hydroxyl groups is 2. The van der Waals surface area contributed by atoms with E-state index >= 15 is 0 Å². The molecule has 0 radical (unpaired) electrons. The Kier molecular flexibility index (Phi) is 8.07. The number of imidazole rings is 1. The number of aromatic nitrogens is 4. The Morgan fingerprint density at radius 1 is 1.05 bits per heavy atom. The summed E-state index contributed by atoms with van der Waals surface area (Å²) in [7, 11) is 1.63. The van der Waals surface area contributed by atoms with Gasteiger partial charge in [0, 0.05) is 54.7 Å². The van der Waals surface area contributed by atoms with Crippen LogP contribution in [0, 0.1) is 17.1 Å². The molecule has 0 aliphatic heterocycles. The van der Waals surface area contributed by atoms with Gasteiger partial charge in [0.05, 0.1) is 35.0 Å². The van der Waals surface area contributed by atoms with E-state index in [1.54, 1.807) is 49.7 Å². The molecule has 10 heteroatoms. The minimum Gasteiger partial charge on any atom is -0.473 e. The van der Waals surface area contributed by atoms with Gasteiger partial charge in [-0.1, -0.05) is 18.2 Å². The highest BCUT2D eigenvalue weighted by molar-refractivity contribution is 5.77. The van der Waals surface area contributed by atoms with Gasteiger partial charge in [0.1, 0.15) is 18.2 Å². The fourth-order valence-electron chi connectivity index (χ4n) is 4.30. The number of pyridine rings is 2. The molecule has 0 aliphatic rings. The van der Waals surface area contributed by atoms with Crippen LogP contribution in [0.5, 0.6) is 5.88 Å². The van der Waals surface area contributed by atoms with Crippen molar-refractivity contribution >= 4 is 11.0 Å². The number of methoxy groups -OCH3 is 1. The van der Waals surface area contributed by atoms with E-state index in [0.717, 1.165) is 28.1 Å². The van der Waals surface area contributed by atoms with E-state index in [1.807, 2.05) is 28.8 Å². The minimum absolute atomic E-state index is 0.0198. The third kappa shape index (κ3) is 5.97. The number of fused-ring (bicyclic) bond motifs is 1. The second kappa shape index (κ2) is 12.0. The predicted molar refractivity (Wildman–Crippen MR) is 145 cm³/mol. The highest BCUT2D eigenvalue weighted by Gasteiger charge is 2.15. The molecule has 0 saturated carbocycles. The van der Waals surface area contributed by atoms with E-state index in [1.165, 1.54) is 12.1 Å². The number of rotatable bonds is 10. The van der Waals surface area contributed by atoms with Crippen LogP contribution in [0.3, 0.4) is 0 Å². The standard InChI is InChI=1S/C30H26FN5O4/c1-39-12-11-36-27-14-20(30(37)38)8-10-26(27)34-28(36)15-23-9-7-21(17-33-23)25-3-2-4-29(35-25)40-18-22-6-5-19(16-32)13-24(22)31/h2-10,13-14,17,30,37-38H,11-12,15,18H2,1H3. The molecule has 0 spiro atoms. The number of hydrogen-bond acceptors (Lipinski definition) is 8. The van der Waals surface area contributed by atoms with Crippen LogP contribution in [0.1, 0.15) is 34.5 Å². The van der Waals surface area contributed by atoms with Crippen LogP contribution in [0.2, 0.25) is 0 Å². The third-order valence-corrected chi connectivity index (χ3v) is 6.41. The Hall–Kier alpha value is -4.69. The number of nitriles is 1. The zero-order chi connectivity index (χ0) is 28.1. The van der Waals surface area contributed by atoms with Crippen LogP contribution in [0.15, 0.2) is 72.9 Å². The molecule has 0 aliphatic carbocycles. The maximum Gasteiger partial charge on any atom is 0.214 e. The van der Waals surface area contributed by atoms with Gasteiger partial charge in [-0.25, -0.2) is 14.4 Å². The first-order valence-corrected chi connectivity index (χ1v) is 12.5. The SMILES string of the molecule is COCCn1c(Cc2ccc(-c3cccc(OCc4ccc(C#N)cc4F)n3)cn2)nc2ccc(C(O)O)cc21. The number of aliphatic hydroxyl groups excluding tert-OH is 1. The molecule has 202 valence electrons. The van der Waals surface area contributed by atoms with Gasteiger partial charge in [0.25, 0.3) is 0 Å². The Morgan fingerprint density at radius 2 is 1.93 bits per heavy atom. The van der Waals surface area contributed by atoms with Gasteiger partial charge in [-0.2, -0.15) is 5.26 Å². The van der Waals surface area contributed by atoms with Gasteiger partial charge in [-0.3, -0.25) is 4.98 Å². The first-order valence-electron chi connectivity index (χ1n) is 12.5. The smallest absolute Gasteiger partial charge is 0.214 e. The quantitative estimate of drug-likeness (QED) is 0.252. The molecule has 3 heterocycles. The van der Waals surface area contributed by atoms with Gasteiger partial charge in [0.15, 0.2) is 6.29 Å². The van der Waals surface area contributed by atoms with Crippen LogP contribution in [0.25, 0.3) is 22.3 Å². The molecule has 0 saturated heterocycles. The molecule has 2 aromatic carbocycles. The van der Waals surface area contributed by atoms with Crippen molar-refractivity contribution in [2.24, 2.45) is 0 Å². The monoisotopic (exact) mass is 539 g/mol. The maximum atomic E-state index is 14.2. The zero-order valence-electron chi connectivity index (χ0n) is 21.7. The number of ether oxygens (including phenoxy) is 2. The van der Waals surface area contributed by atoms with Crippen LogP contribution in [-0.2, 0) is 24.3 Å². The molecule has 40 heavy (non-hydrogen) atoms. The largest absolute Gasteiger partial charge is 0.473 e. The number of hydrogen-bond donors (Lipinski definition) is 2. The van der Waals surface area contributed by atoms with Crippen LogP contribution in [-0.4, -0.2) is 43.4 Å². The van der Waals surface area contributed by atoms with Crippen LogP contribution >= 0.6 is 0 Å². The summed E-state index contributed by atoms with van der Waals surface area (Å²) in [5, 5.41) is 28.1. The Morgan fingerprint density at radius 3 is 2.65 bits per heavy atom. The van der Waals surface area contributed by atoms with E-state index < -0.39 is 12.1 Å². The lowest BCUT2D eigenvalue weighted by Crippen LogP contribution is -2.09. The molecule has 0 unspecified atom stereocenters. The molecule has 9 nitrogen and oxygen atoms in total. The van der Waals surface area contributed by atoms with Gasteiger partial charge in [-0.15, -0.1) is 0 Å². The first-order chi connectivity index (χ1) is 19.4. The summed E-state index contributed by atoms with van der Waals surface area (Å²) in [6.45, 7) is 1.00. The van der Waals surface area contributed by atoms with Gasteiger partial charge < -0.3 is 24.3 Å². The number of benzene rings is 2. The summed E-state index contributed by atoms with van der Waals surface area (Å²) in [4.78, 5) is 13.9. The summed E-state index contributed by atoms with van der Waals surface area (Å²) in [5.74, 6) is 0.613. The number of nitrogens with zero attached hydrogens (tertiary/aromatic N) is 5.